The molecule has 3 heteroatoms. The molecule has 0 aliphatic rings. The summed E-state index contributed by atoms with van der Waals surface area (Å²) in [6.45, 7) is 7.67. The summed E-state index contributed by atoms with van der Waals surface area (Å²) in [5.41, 5.74) is 1.28. The molecule has 1 N–H and O–H groups in total. The van der Waals surface area contributed by atoms with Crippen molar-refractivity contribution in [1.29, 1.82) is 0 Å². The van der Waals surface area contributed by atoms with E-state index in [1.54, 1.807) is 0 Å². The summed E-state index contributed by atoms with van der Waals surface area (Å²) in [5, 5.41) is 3.53. The number of nitrogens with one attached hydrogen (secondary N) is 1. The van der Waals surface area contributed by atoms with E-state index in [9.17, 15) is 0 Å². The first-order chi connectivity index (χ1) is 8.74. The lowest BCUT2D eigenvalue weighted by molar-refractivity contribution is 0.242. The van der Waals surface area contributed by atoms with Crippen LogP contribution < -0.4 is 5.32 Å². The highest BCUT2D eigenvalue weighted by Crippen LogP contribution is 2.04. The second-order valence-corrected chi connectivity index (χ2v) is 5.04. The average molecular weight is 249 g/mol. The first-order valence-electron chi connectivity index (χ1n) is 7.04. The highest BCUT2D eigenvalue weighted by Gasteiger charge is 2.08. The Balaban J connectivity index is 2.18. The third kappa shape index (κ3) is 6.12. The third-order valence-electron chi connectivity index (χ3n) is 3.30. The monoisotopic (exact) mass is 249 g/mol. The Labute approximate surface area is 112 Å². The van der Waals surface area contributed by atoms with E-state index < -0.39 is 0 Å². The van der Waals surface area contributed by atoms with Crippen molar-refractivity contribution in [3.63, 3.8) is 0 Å². The Hall–Kier alpha value is -0.930. The average Bonchev–Trinajstić information content (AvgIpc) is 2.39. The maximum Gasteiger partial charge on any atom is 0.0312 e. The first-order valence-corrected chi connectivity index (χ1v) is 7.04. The van der Waals surface area contributed by atoms with Crippen LogP contribution in [0.15, 0.2) is 24.5 Å². The van der Waals surface area contributed by atoms with Gasteiger partial charge in [0, 0.05) is 31.5 Å². The number of aromatic nitrogens is 1. The van der Waals surface area contributed by atoms with Crippen molar-refractivity contribution >= 4 is 0 Å². The molecule has 1 heterocycles. The lowest BCUT2D eigenvalue weighted by atomic mass is 10.2. The minimum Gasteiger partial charge on any atom is -0.315 e. The number of hydrogen-bond acceptors (Lipinski definition) is 3. The zero-order valence-corrected chi connectivity index (χ0v) is 12.0. The SMILES string of the molecule is CCCCCNCC(C)N(C)Cc1cccnc1. The van der Waals surface area contributed by atoms with Crippen LogP contribution in [-0.2, 0) is 6.54 Å². The van der Waals surface area contributed by atoms with Crippen LogP contribution in [0.25, 0.3) is 0 Å². The van der Waals surface area contributed by atoms with Crippen molar-refractivity contribution in [2.45, 2.75) is 45.7 Å². The zero-order valence-electron chi connectivity index (χ0n) is 12.0. The van der Waals surface area contributed by atoms with Crippen molar-refractivity contribution in [2.24, 2.45) is 0 Å². The van der Waals surface area contributed by atoms with Gasteiger partial charge in [-0.25, -0.2) is 0 Å². The molecule has 0 radical (unpaired) electrons. The van der Waals surface area contributed by atoms with E-state index in [2.05, 4.69) is 42.2 Å². The molecule has 102 valence electrons. The zero-order chi connectivity index (χ0) is 13.2. The molecule has 1 atom stereocenters. The summed E-state index contributed by atoms with van der Waals surface area (Å²) in [7, 11) is 2.17. The molecule has 1 unspecified atom stereocenters. The predicted molar refractivity (Wildman–Crippen MR) is 77.6 cm³/mol. The van der Waals surface area contributed by atoms with Crippen LogP contribution in [0.3, 0.4) is 0 Å². The minimum absolute atomic E-state index is 0.548. The van der Waals surface area contributed by atoms with Gasteiger partial charge in [-0.2, -0.15) is 0 Å². The van der Waals surface area contributed by atoms with E-state index in [1.807, 2.05) is 18.5 Å². The molecular weight excluding hydrogens is 222 g/mol. The second-order valence-electron chi connectivity index (χ2n) is 5.04. The quantitative estimate of drug-likeness (QED) is 0.682. The molecule has 0 fully saturated rings. The van der Waals surface area contributed by atoms with Gasteiger partial charge in [-0.15, -0.1) is 0 Å². The number of pyridine rings is 1. The molecule has 1 rings (SSSR count). The molecule has 0 amide bonds. The summed E-state index contributed by atoms with van der Waals surface area (Å²) in [4.78, 5) is 6.52. The van der Waals surface area contributed by atoms with Gasteiger partial charge < -0.3 is 5.32 Å². The Kier molecular flexibility index (Phi) is 7.62. The second kappa shape index (κ2) is 9.06. The van der Waals surface area contributed by atoms with Gasteiger partial charge in [0.1, 0.15) is 0 Å². The number of likely N-dealkylation sites (N-methyl/N-ethyl adjacent to an activating group) is 1. The summed E-state index contributed by atoms with van der Waals surface area (Å²) < 4.78 is 0. The van der Waals surface area contributed by atoms with Gasteiger partial charge in [-0.3, -0.25) is 9.88 Å². The fraction of sp³-hybridized carbons (Fsp3) is 0.667. The maximum absolute atomic E-state index is 4.15. The van der Waals surface area contributed by atoms with Crippen LogP contribution in [0.5, 0.6) is 0 Å². The molecule has 18 heavy (non-hydrogen) atoms. The van der Waals surface area contributed by atoms with Crippen molar-refractivity contribution in [1.82, 2.24) is 15.2 Å². The van der Waals surface area contributed by atoms with Crippen LogP contribution in [0.4, 0.5) is 0 Å². The largest absolute Gasteiger partial charge is 0.315 e. The van der Waals surface area contributed by atoms with Crippen molar-refractivity contribution in [3.8, 4) is 0 Å². The fourth-order valence-electron chi connectivity index (χ4n) is 1.90. The molecule has 1 aromatic rings. The van der Waals surface area contributed by atoms with Gasteiger partial charge in [-0.1, -0.05) is 25.8 Å². The van der Waals surface area contributed by atoms with Crippen molar-refractivity contribution in [3.05, 3.63) is 30.1 Å². The van der Waals surface area contributed by atoms with E-state index in [1.165, 1.54) is 24.8 Å². The molecule has 3 nitrogen and oxygen atoms in total. The number of unbranched alkanes of at least 4 members (excludes halogenated alkanes) is 2. The van der Waals surface area contributed by atoms with Crippen LogP contribution in [0.2, 0.25) is 0 Å². The van der Waals surface area contributed by atoms with Gasteiger partial charge >= 0.3 is 0 Å². The summed E-state index contributed by atoms with van der Waals surface area (Å²) >= 11 is 0. The van der Waals surface area contributed by atoms with Gasteiger partial charge in [0.25, 0.3) is 0 Å². The normalized spacial score (nSPS) is 12.9. The van der Waals surface area contributed by atoms with E-state index in [4.69, 9.17) is 0 Å². The molecule has 0 aliphatic heterocycles. The van der Waals surface area contributed by atoms with Crippen LogP contribution in [0.1, 0.15) is 38.7 Å². The number of nitrogens with zero attached hydrogens (tertiary/aromatic N) is 2. The topological polar surface area (TPSA) is 28.2 Å². The standard InChI is InChI=1S/C15H27N3/c1-4-5-6-9-16-11-14(2)18(3)13-15-8-7-10-17-12-15/h7-8,10,12,14,16H,4-6,9,11,13H2,1-3H3. The molecule has 0 bridgehead atoms. The van der Waals surface area contributed by atoms with Crippen LogP contribution >= 0.6 is 0 Å². The highest BCUT2D eigenvalue weighted by molar-refractivity contribution is 5.08. The predicted octanol–water partition coefficient (Wildman–Crippen LogP) is 2.68. The van der Waals surface area contributed by atoms with Crippen LogP contribution in [-0.4, -0.2) is 36.1 Å². The van der Waals surface area contributed by atoms with Gasteiger partial charge in [0.2, 0.25) is 0 Å². The molecule has 1 aromatic heterocycles. The van der Waals surface area contributed by atoms with Gasteiger partial charge in [0.15, 0.2) is 0 Å². The van der Waals surface area contributed by atoms with E-state index in [-0.39, 0.29) is 0 Å². The lowest BCUT2D eigenvalue weighted by Crippen LogP contribution is -2.37. The Morgan fingerprint density at radius 1 is 1.39 bits per heavy atom. The van der Waals surface area contributed by atoms with E-state index in [0.29, 0.717) is 6.04 Å². The summed E-state index contributed by atoms with van der Waals surface area (Å²) in [5.74, 6) is 0. The number of hydrogen-bond donors (Lipinski definition) is 1. The van der Waals surface area contributed by atoms with Crippen molar-refractivity contribution < 1.29 is 0 Å². The highest BCUT2D eigenvalue weighted by atomic mass is 15.1. The van der Waals surface area contributed by atoms with Crippen LogP contribution in [0, 0.1) is 0 Å². The van der Waals surface area contributed by atoms with E-state index >= 15 is 0 Å². The van der Waals surface area contributed by atoms with E-state index in [0.717, 1.165) is 19.6 Å². The number of rotatable bonds is 9. The van der Waals surface area contributed by atoms with Crippen molar-refractivity contribution in [2.75, 3.05) is 20.1 Å². The molecule has 0 saturated carbocycles. The maximum atomic E-state index is 4.15. The third-order valence-corrected chi connectivity index (χ3v) is 3.30. The smallest absolute Gasteiger partial charge is 0.0312 e. The minimum atomic E-state index is 0.548. The molecule has 0 saturated heterocycles. The summed E-state index contributed by atoms with van der Waals surface area (Å²) in [6.07, 6.45) is 7.67. The lowest BCUT2D eigenvalue weighted by Gasteiger charge is -2.25. The van der Waals surface area contributed by atoms with Gasteiger partial charge in [-0.05, 0) is 38.6 Å². The first kappa shape index (κ1) is 15.1. The fourth-order valence-corrected chi connectivity index (χ4v) is 1.90. The molecule has 0 aliphatic carbocycles. The Morgan fingerprint density at radius 2 is 2.22 bits per heavy atom. The molecule has 0 spiro atoms. The molecule has 0 aromatic carbocycles. The Morgan fingerprint density at radius 3 is 2.89 bits per heavy atom. The summed E-state index contributed by atoms with van der Waals surface area (Å²) in [6, 6.07) is 4.67. The molecular formula is C15H27N3. The van der Waals surface area contributed by atoms with Gasteiger partial charge in [0.05, 0.1) is 0 Å². The Bertz CT molecular complexity index is 300.